The van der Waals surface area contributed by atoms with Crippen molar-refractivity contribution in [2.24, 2.45) is 0 Å². The highest BCUT2D eigenvalue weighted by Crippen LogP contribution is 2.34. The van der Waals surface area contributed by atoms with Crippen LogP contribution < -0.4 is 5.32 Å². The van der Waals surface area contributed by atoms with Crippen LogP contribution in [0.4, 0.5) is 10.1 Å². The molecule has 0 aliphatic rings. The van der Waals surface area contributed by atoms with Gasteiger partial charge < -0.3 is 15.4 Å². The zero-order chi connectivity index (χ0) is 27.8. The predicted octanol–water partition coefficient (Wildman–Crippen LogP) is 6.34. The second-order valence-corrected chi connectivity index (χ2v) is 9.84. The average molecular weight is 542 g/mol. The maximum Gasteiger partial charge on any atom is 0.155 e. The topological polar surface area (TPSA) is 115 Å². The summed E-state index contributed by atoms with van der Waals surface area (Å²) in [7, 11) is 0. The molecule has 7 aromatic rings. The fourth-order valence-corrected chi connectivity index (χ4v) is 5.06. The molecule has 0 spiro atoms. The number of nitrogens with one attached hydrogen (secondary N) is 3. The monoisotopic (exact) mass is 541 g/mol. The third kappa shape index (κ3) is 4.90. The third-order valence-corrected chi connectivity index (χ3v) is 7.05. The molecule has 1 unspecified atom stereocenters. The number of aromatic amines is 2. The summed E-state index contributed by atoms with van der Waals surface area (Å²) in [6.45, 7) is 0. The van der Waals surface area contributed by atoms with Gasteiger partial charge in [-0.1, -0.05) is 42.5 Å². The summed E-state index contributed by atoms with van der Waals surface area (Å²) in [6, 6.07) is 22.2. The van der Waals surface area contributed by atoms with Gasteiger partial charge in [-0.15, -0.1) is 0 Å². The van der Waals surface area contributed by atoms with Crippen LogP contribution in [-0.2, 0) is 6.42 Å². The van der Waals surface area contributed by atoms with E-state index in [4.69, 9.17) is 0 Å². The Balaban J connectivity index is 1.20. The Morgan fingerprint density at radius 2 is 1.61 bits per heavy atom. The van der Waals surface area contributed by atoms with E-state index in [-0.39, 0.29) is 5.82 Å². The second kappa shape index (κ2) is 10.3. The van der Waals surface area contributed by atoms with E-state index in [9.17, 15) is 9.50 Å². The normalized spacial score (nSPS) is 12.1. The Hall–Kier alpha value is -5.41. The number of H-pyrrole nitrogens is 2. The van der Waals surface area contributed by atoms with Crippen LogP contribution in [0.3, 0.4) is 0 Å². The van der Waals surface area contributed by atoms with E-state index < -0.39 is 6.23 Å². The van der Waals surface area contributed by atoms with Crippen LogP contribution in [0.2, 0.25) is 0 Å². The van der Waals surface area contributed by atoms with Crippen molar-refractivity contribution in [3.8, 4) is 33.6 Å². The molecule has 8 nitrogen and oxygen atoms in total. The molecule has 0 aliphatic heterocycles. The predicted molar refractivity (Wildman–Crippen MR) is 157 cm³/mol. The molecule has 2 aromatic carbocycles. The van der Waals surface area contributed by atoms with E-state index in [0.29, 0.717) is 17.8 Å². The van der Waals surface area contributed by atoms with Gasteiger partial charge in [0.25, 0.3) is 0 Å². The second-order valence-electron chi connectivity index (χ2n) is 9.84. The van der Waals surface area contributed by atoms with Crippen LogP contribution in [0.1, 0.15) is 5.56 Å². The molecule has 1 atom stereocenters. The maximum absolute atomic E-state index is 13.5. The van der Waals surface area contributed by atoms with E-state index >= 15 is 0 Å². The number of aliphatic hydroxyl groups is 1. The molecule has 9 heteroatoms. The summed E-state index contributed by atoms with van der Waals surface area (Å²) in [4.78, 5) is 16.8. The Labute approximate surface area is 234 Å². The first-order valence-electron chi connectivity index (χ1n) is 13.1. The van der Waals surface area contributed by atoms with Crippen LogP contribution in [-0.4, -0.2) is 41.5 Å². The molecule has 0 amide bonds. The fourth-order valence-electron chi connectivity index (χ4n) is 5.06. The Bertz CT molecular complexity index is 1980. The number of fused-ring (bicyclic) bond motifs is 2. The molecule has 41 heavy (non-hydrogen) atoms. The molecule has 0 aliphatic carbocycles. The van der Waals surface area contributed by atoms with Gasteiger partial charge in [0.15, 0.2) is 5.65 Å². The average Bonchev–Trinajstić information content (AvgIpc) is 3.62. The summed E-state index contributed by atoms with van der Waals surface area (Å²) >= 11 is 0. The highest BCUT2D eigenvalue weighted by molar-refractivity contribution is 6.00. The molecule has 0 bridgehead atoms. The lowest BCUT2D eigenvalue weighted by molar-refractivity contribution is 0.204. The first-order chi connectivity index (χ1) is 20.1. The molecule has 0 saturated carbocycles. The number of pyridine rings is 3. The molecule has 0 fully saturated rings. The van der Waals surface area contributed by atoms with Crippen molar-refractivity contribution in [3.05, 3.63) is 115 Å². The SMILES string of the molecule is OC(Cc1ccccc1)Nc1cncc(-c2cnc3[nH]nc(-c4cc5c(-c6ccc(F)cc6)cncc5[nH]4)c3c2)c1. The minimum atomic E-state index is -0.758. The van der Waals surface area contributed by atoms with Crippen molar-refractivity contribution < 1.29 is 9.50 Å². The minimum Gasteiger partial charge on any atom is -0.373 e. The Morgan fingerprint density at radius 3 is 2.46 bits per heavy atom. The number of benzene rings is 2. The van der Waals surface area contributed by atoms with Gasteiger partial charge in [-0.2, -0.15) is 5.10 Å². The van der Waals surface area contributed by atoms with Crippen LogP contribution in [0.25, 0.3) is 55.6 Å². The number of aromatic nitrogens is 6. The lowest BCUT2D eigenvalue weighted by Crippen LogP contribution is -2.21. The molecule has 5 heterocycles. The van der Waals surface area contributed by atoms with Crippen molar-refractivity contribution in [2.45, 2.75) is 12.6 Å². The standard InChI is InChI=1S/C32H24FN7O/c33-23-8-6-20(7-9-23)27-17-35-18-29-25(27)13-28(38-29)31-26-12-22(15-36-32(26)40-39-31)21-11-24(16-34-14-21)37-30(41)10-19-4-2-1-3-5-19/h1-9,11-18,30,37-38,41H,10H2,(H,36,39,40). The van der Waals surface area contributed by atoms with Gasteiger partial charge >= 0.3 is 0 Å². The summed E-state index contributed by atoms with van der Waals surface area (Å²) in [5.74, 6) is -0.283. The highest BCUT2D eigenvalue weighted by atomic mass is 19.1. The molecular formula is C32H24FN7O. The number of nitrogens with zero attached hydrogens (tertiary/aromatic N) is 4. The Morgan fingerprint density at radius 1 is 0.805 bits per heavy atom. The fraction of sp³-hybridized carbons (Fsp3) is 0.0625. The van der Waals surface area contributed by atoms with E-state index in [1.54, 1.807) is 43.1 Å². The molecule has 0 saturated heterocycles. The highest BCUT2D eigenvalue weighted by Gasteiger charge is 2.16. The van der Waals surface area contributed by atoms with Crippen LogP contribution in [0.15, 0.2) is 104 Å². The van der Waals surface area contributed by atoms with Gasteiger partial charge in [-0.25, -0.2) is 9.37 Å². The number of rotatable bonds is 7. The van der Waals surface area contributed by atoms with Crippen LogP contribution in [0, 0.1) is 5.82 Å². The van der Waals surface area contributed by atoms with Gasteiger partial charge in [0.05, 0.1) is 29.3 Å². The third-order valence-electron chi connectivity index (χ3n) is 7.05. The number of anilines is 1. The van der Waals surface area contributed by atoms with Gasteiger partial charge in [0.1, 0.15) is 17.7 Å². The number of hydrogen-bond donors (Lipinski definition) is 4. The summed E-state index contributed by atoms with van der Waals surface area (Å²) < 4.78 is 13.5. The first kappa shape index (κ1) is 24.6. The Kier molecular flexibility index (Phi) is 6.18. The van der Waals surface area contributed by atoms with E-state index in [1.807, 2.05) is 48.5 Å². The molecular weight excluding hydrogens is 517 g/mol. The first-order valence-corrected chi connectivity index (χ1v) is 13.1. The van der Waals surface area contributed by atoms with Crippen LogP contribution in [0.5, 0.6) is 0 Å². The van der Waals surface area contributed by atoms with Gasteiger partial charge in [-0.05, 0) is 41.5 Å². The molecule has 7 rings (SSSR count). The van der Waals surface area contributed by atoms with Crippen molar-refractivity contribution in [1.29, 1.82) is 0 Å². The largest absolute Gasteiger partial charge is 0.373 e. The minimum absolute atomic E-state index is 0.283. The quantitative estimate of drug-likeness (QED) is 0.175. The van der Waals surface area contributed by atoms with Crippen molar-refractivity contribution in [2.75, 3.05) is 5.32 Å². The zero-order valence-corrected chi connectivity index (χ0v) is 21.7. The molecule has 5 aromatic heterocycles. The smallest absolute Gasteiger partial charge is 0.155 e. The van der Waals surface area contributed by atoms with E-state index in [0.717, 1.165) is 55.5 Å². The van der Waals surface area contributed by atoms with Crippen molar-refractivity contribution in [1.82, 2.24) is 30.1 Å². The number of hydrogen-bond acceptors (Lipinski definition) is 6. The van der Waals surface area contributed by atoms with Gasteiger partial charge in [0, 0.05) is 52.5 Å². The van der Waals surface area contributed by atoms with E-state index in [2.05, 4.69) is 35.5 Å². The summed E-state index contributed by atoms with van der Waals surface area (Å²) in [5, 5.41) is 23.1. The van der Waals surface area contributed by atoms with Gasteiger partial charge in [-0.3, -0.25) is 15.1 Å². The van der Waals surface area contributed by atoms with Crippen LogP contribution >= 0.6 is 0 Å². The lowest BCUT2D eigenvalue weighted by atomic mass is 10.0. The summed E-state index contributed by atoms with van der Waals surface area (Å²) in [5.41, 5.74) is 8.25. The lowest BCUT2D eigenvalue weighted by Gasteiger charge is -2.14. The zero-order valence-electron chi connectivity index (χ0n) is 21.7. The number of aliphatic hydroxyl groups excluding tert-OH is 1. The molecule has 200 valence electrons. The summed E-state index contributed by atoms with van der Waals surface area (Å²) in [6.07, 6.45) is 8.48. The van der Waals surface area contributed by atoms with E-state index in [1.165, 1.54) is 12.1 Å². The number of halogens is 1. The molecule has 4 N–H and O–H groups in total. The van der Waals surface area contributed by atoms with Gasteiger partial charge in [0.2, 0.25) is 0 Å². The van der Waals surface area contributed by atoms with Crippen molar-refractivity contribution >= 4 is 27.6 Å². The maximum atomic E-state index is 13.5. The van der Waals surface area contributed by atoms with Crippen molar-refractivity contribution in [3.63, 3.8) is 0 Å². The molecule has 0 radical (unpaired) electrons.